The fraction of sp³-hybridized carbons (Fsp3) is 0.316. The first-order chi connectivity index (χ1) is 12.7. The Morgan fingerprint density at radius 3 is 2.33 bits per heavy atom. The Morgan fingerprint density at radius 1 is 1.15 bits per heavy atom. The molecule has 1 fully saturated rings. The minimum absolute atomic E-state index is 0.165. The largest absolute Gasteiger partial charge is 0.481 e. The van der Waals surface area contributed by atoms with Crippen LogP contribution in [0, 0.1) is 12.3 Å². The lowest BCUT2D eigenvalue weighted by Gasteiger charge is -2.27. The highest BCUT2D eigenvalue weighted by atomic mass is 19.4. The number of carboxylic acids is 1. The number of carboxylic acid groups (broad SMARTS) is 1. The third-order valence-corrected chi connectivity index (χ3v) is 4.89. The first-order valence-corrected chi connectivity index (χ1v) is 8.28. The first kappa shape index (κ1) is 18.9. The zero-order valence-electron chi connectivity index (χ0n) is 14.5. The van der Waals surface area contributed by atoms with Crippen molar-refractivity contribution in [1.82, 2.24) is 9.88 Å². The predicted molar refractivity (Wildman–Crippen MR) is 91.1 cm³/mol. The average Bonchev–Trinajstić information content (AvgIpc) is 3.09. The molecule has 1 saturated heterocycles. The molecule has 0 bridgehead atoms. The van der Waals surface area contributed by atoms with E-state index in [1.165, 1.54) is 6.07 Å². The van der Waals surface area contributed by atoms with E-state index >= 15 is 0 Å². The Bertz CT molecular complexity index is 884. The topological polar surface area (TPSA) is 70.5 Å². The summed E-state index contributed by atoms with van der Waals surface area (Å²) in [5.74, 6) is -2.61. The number of hydrogen-bond donors (Lipinski definition) is 1. The number of aryl methyl sites for hydroxylation is 1. The van der Waals surface area contributed by atoms with Gasteiger partial charge in [0, 0.05) is 18.7 Å². The van der Waals surface area contributed by atoms with Crippen LogP contribution >= 0.6 is 0 Å². The minimum Gasteiger partial charge on any atom is -0.481 e. The summed E-state index contributed by atoms with van der Waals surface area (Å²) < 4.78 is 39.9. The number of benzene rings is 1. The molecular formula is C19H17F3N2O3. The lowest BCUT2D eigenvalue weighted by molar-refractivity contribution is -0.227. The summed E-state index contributed by atoms with van der Waals surface area (Å²) in [6.07, 6.45) is -5.59. The number of pyridine rings is 1. The van der Waals surface area contributed by atoms with Crippen molar-refractivity contribution in [2.24, 2.45) is 5.41 Å². The maximum atomic E-state index is 13.3. The summed E-state index contributed by atoms with van der Waals surface area (Å²) >= 11 is 0. The molecule has 1 N–H and O–H groups in total. The van der Waals surface area contributed by atoms with E-state index in [1.807, 2.05) is 30.3 Å². The van der Waals surface area contributed by atoms with Gasteiger partial charge in [-0.25, -0.2) is 0 Å². The van der Waals surface area contributed by atoms with Gasteiger partial charge in [-0.3, -0.25) is 14.6 Å². The average molecular weight is 378 g/mol. The number of rotatable bonds is 3. The molecule has 0 spiro atoms. The highest BCUT2D eigenvalue weighted by Crippen LogP contribution is 2.46. The van der Waals surface area contributed by atoms with Crippen molar-refractivity contribution in [3.05, 3.63) is 53.7 Å². The van der Waals surface area contributed by atoms with Gasteiger partial charge in [0.1, 0.15) is 0 Å². The summed E-state index contributed by atoms with van der Waals surface area (Å²) in [7, 11) is 0. The number of hydrogen-bond acceptors (Lipinski definition) is 3. The second-order valence-corrected chi connectivity index (χ2v) is 6.56. The molecule has 1 aliphatic rings. The monoisotopic (exact) mass is 378 g/mol. The van der Waals surface area contributed by atoms with Crippen LogP contribution in [0.15, 0.2) is 42.5 Å². The summed E-state index contributed by atoms with van der Waals surface area (Å²) in [4.78, 5) is 29.3. The van der Waals surface area contributed by atoms with Gasteiger partial charge in [0.05, 0.1) is 17.0 Å². The van der Waals surface area contributed by atoms with Crippen molar-refractivity contribution in [1.29, 1.82) is 0 Å². The Kier molecular flexibility index (Phi) is 4.67. The number of aromatic nitrogens is 1. The van der Waals surface area contributed by atoms with Gasteiger partial charge in [-0.2, -0.15) is 13.2 Å². The fourth-order valence-corrected chi connectivity index (χ4v) is 3.24. The van der Waals surface area contributed by atoms with E-state index in [4.69, 9.17) is 5.11 Å². The van der Waals surface area contributed by atoms with E-state index in [1.54, 1.807) is 13.0 Å². The van der Waals surface area contributed by atoms with Crippen molar-refractivity contribution in [3.8, 4) is 11.3 Å². The quantitative estimate of drug-likeness (QED) is 0.887. The van der Waals surface area contributed by atoms with E-state index in [2.05, 4.69) is 4.98 Å². The van der Waals surface area contributed by atoms with Crippen LogP contribution in [0.1, 0.15) is 22.5 Å². The molecule has 1 aromatic heterocycles. The molecule has 1 unspecified atom stereocenters. The summed E-state index contributed by atoms with van der Waals surface area (Å²) in [5.41, 5.74) is -0.892. The zero-order valence-corrected chi connectivity index (χ0v) is 14.5. The van der Waals surface area contributed by atoms with Crippen LogP contribution in [0.25, 0.3) is 11.3 Å². The van der Waals surface area contributed by atoms with Gasteiger partial charge < -0.3 is 10.0 Å². The molecule has 0 aliphatic carbocycles. The molecule has 1 aromatic carbocycles. The van der Waals surface area contributed by atoms with Crippen molar-refractivity contribution in [2.75, 3.05) is 13.1 Å². The molecule has 3 rings (SSSR count). The normalized spacial score (nSPS) is 19.9. The Labute approximate surface area is 153 Å². The summed E-state index contributed by atoms with van der Waals surface area (Å²) in [6.45, 7) is 0.430. The van der Waals surface area contributed by atoms with Gasteiger partial charge in [-0.15, -0.1) is 0 Å². The highest BCUT2D eigenvalue weighted by Gasteiger charge is 2.64. The molecular weight excluding hydrogens is 361 g/mol. The third kappa shape index (κ3) is 3.27. The summed E-state index contributed by atoms with van der Waals surface area (Å²) in [5, 5.41) is 9.12. The molecule has 0 saturated carbocycles. The lowest BCUT2D eigenvalue weighted by Crippen LogP contribution is -2.47. The van der Waals surface area contributed by atoms with Crippen LogP contribution in [0.4, 0.5) is 13.2 Å². The lowest BCUT2D eigenvalue weighted by atomic mass is 9.86. The molecule has 2 aromatic rings. The molecule has 0 radical (unpaired) electrons. The van der Waals surface area contributed by atoms with Crippen molar-refractivity contribution >= 4 is 11.9 Å². The van der Waals surface area contributed by atoms with Gasteiger partial charge in [0.25, 0.3) is 5.91 Å². The van der Waals surface area contributed by atoms with Crippen molar-refractivity contribution < 1.29 is 27.9 Å². The van der Waals surface area contributed by atoms with Gasteiger partial charge in [0.2, 0.25) is 0 Å². The second-order valence-electron chi connectivity index (χ2n) is 6.56. The molecule has 1 amide bonds. The number of nitrogens with zero attached hydrogens (tertiary/aromatic N) is 2. The molecule has 2 heterocycles. The summed E-state index contributed by atoms with van der Waals surface area (Å²) in [6, 6.07) is 12.4. The maximum absolute atomic E-state index is 13.3. The van der Waals surface area contributed by atoms with Crippen molar-refractivity contribution in [2.45, 2.75) is 19.5 Å². The SMILES string of the molecule is Cc1nc(-c2ccccc2)ccc1C(=O)N1CCC(C(=O)O)(C(F)(F)F)C1. The number of carbonyl (C=O) groups excluding carboxylic acids is 1. The molecule has 27 heavy (non-hydrogen) atoms. The van der Waals surface area contributed by atoms with E-state index in [0.29, 0.717) is 11.4 Å². The number of alkyl halides is 3. The number of aliphatic carboxylic acids is 1. The number of carbonyl (C=O) groups is 2. The van der Waals surface area contributed by atoms with E-state index in [9.17, 15) is 22.8 Å². The van der Waals surface area contributed by atoms with Gasteiger partial charge in [-0.05, 0) is 25.5 Å². The Balaban J connectivity index is 1.86. The number of likely N-dealkylation sites (tertiary alicyclic amines) is 1. The van der Waals surface area contributed by atoms with Crippen LogP contribution in [0.3, 0.4) is 0 Å². The molecule has 8 heteroatoms. The van der Waals surface area contributed by atoms with Crippen LogP contribution in [-0.4, -0.2) is 46.1 Å². The fourth-order valence-electron chi connectivity index (χ4n) is 3.24. The Hall–Kier alpha value is -2.90. The van der Waals surface area contributed by atoms with Crippen molar-refractivity contribution in [3.63, 3.8) is 0 Å². The minimum atomic E-state index is -4.93. The predicted octanol–water partition coefficient (Wildman–Crippen LogP) is 3.54. The number of halogens is 3. The van der Waals surface area contributed by atoms with Crippen LogP contribution in [0.5, 0.6) is 0 Å². The third-order valence-electron chi connectivity index (χ3n) is 4.89. The van der Waals surface area contributed by atoms with E-state index < -0.39 is 36.4 Å². The van der Waals surface area contributed by atoms with Crippen LogP contribution < -0.4 is 0 Å². The van der Waals surface area contributed by atoms with Gasteiger partial charge >= 0.3 is 12.1 Å². The maximum Gasteiger partial charge on any atom is 0.406 e. The van der Waals surface area contributed by atoms with E-state index in [-0.39, 0.29) is 12.1 Å². The van der Waals surface area contributed by atoms with Gasteiger partial charge in [0.15, 0.2) is 5.41 Å². The molecule has 1 aliphatic heterocycles. The highest BCUT2D eigenvalue weighted by molar-refractivity contribution is 5.96. The molecule has 1 atom stereocenters. The van der Waals surface area contributed by atoms with Crippen LogP contribution in [-0.2, 0) is 4.79 Å². The standard InChI is InChI=1S/C19H17F3N2O3/c1-12-14(7-8-15(23-12)13-5-3-2-4-6-13)16(25)24-10-9-18(11-24,17(26)27)19(20,21)22/h2-8H,9-11H2,1H3,(H,26,27). The second kappa shape index (κ2) is 6.68. The number of amides is 1. The Morgan fingerprint density at radius 2 is 1.81 bits per heavy atom. The van der Waals surface area contributed by atoms with E-state index in [0.717, 1.165) is 10.5 Å². The smallest absolute Gasteiger partial charge is 0.406 e. The van der Waals surface area contributed by atoms with Crippen LogP contribution in [0.2, 0.25) is 0 Å². The zero-order chi connectivity index (χ0) is 19.8. The first-order valence-electron chi connectivity index (χ1n) is 8.28. The molecule has 5 nitrogen and oxygen atoms in total. The van der Waals surface area contributed by atoms with Gasteiger partial charge in [-0.1, -0.05) is 30.3 Å². The molecule has 142 valence electrons.